The molecule has 214 valence electrons. The normalized spacial score (nSPS) is 11.3. The molecule has 0 N–H and O–H groups in total. The molecule has 0 radical (unpaired) electrons. The van der Waals surface area contributed by atoms with Crippen molar-refractivity contribution in [2.45, 2.75) is 0 Å². The second-order valence-corrected chi connectivity index (χ2v) is 16.5. The maximum absolute atomic E-state index is 14.7. The monoisotopic (exact) mass is 688 g/mol. The quantitative estimate of drug-likeness (QED) is 0.129. The van der Waals surface area contributed by atoms with Crippen LogP contribution in [-0.2, 0) is 29.7 Å². The molecule has 6 aromatic rings. The van der Waals surface area contributed by atoms with E-state index < -0.39 is 14.8 Å². The van der Waals surface area contributed by atoms with Crippen LogP contribution in [0, 0.1) is 0 Å². The van der Waals surface area contributed by atoms with Gasteiger partial charge in [0, 0.05) is 20.4 Å². The van der Waals surface area contributed by atoms with E-state index in [-0.39, 0.29) is 32.6 Å². The summed E-state index contributed by atoms with van der Waals surface area (Å²) in [5, 5.41) is 6.50. The van der Waals surface area contributed by atoms with E-state index in [4.69, 9.17) is 4.52 Å². The second-order valence-electron chi connectivity index (χ2n) is 10.1. The van der Waals surface area contributed by atoms with Crippen molar-refractivity contribution in [2.75, 3.05) is 6.16 Å². The van der Waals surface area contributed by atoms with E-state index in [1.807, 2.05) is 72.8 Å². The molecule has 0 unspecified atom stereocenters. The Morgan fingerprint density at radius 2 is 0.628 bits per heavy atom. The van der Waals surface area contributed by atoms with Crippen LogP contribution in [0.2, 0.25) is 0 Å². The van der Waals surface area contributed by atoms with Gasteiger partial charge in [-0.15, -0.1) is 0 Å². The van der Waals surface area contributed by atoms with E-state index in [2.05, 4.69) is 109 Å². The van der Waals surface area contributed by atoms with E-state index in [1.54, 1.807) is 0 Å². The summed E-state index contributed by atoms with van der Waals surface area (Å²) in [5.41, 5.74) is 0. The number of carbonyl (C=O) groups excluding carboxylic acids is 1. The number of hydrogen-bond donors (Lipinski definition) is 0. The first-order chi connectivity index (χ1) is 20.7. The van der Waals surface area contributed by atoms with Gasteiger partial charge in [-0.25, -0.2) is 4.79 Å². The first-order valence-electron chi connectivity index (χ1n) is 14.1. The van der Waals surface area contributed by atoms with Crippen molar-refractivity contribution in [1.29, 1.82) is 0 Å². The summed E-state index contributed by atoms with van der Waals surface area (Å²) in [6.45, 7) is 0. The number of benzene rings is 6. The zero-order chi connectivity index (χ0) is 28.7. The summed E-state index contributed by atoms with van der Waals surface area (Å²) in [5.74, 6) is -0.204. The van der Waals surface area contributed by atoms with Crippen molar-refractivity contribution in [3.8, 4) is 0 Å². The molecule has 0 saturated carbocycles. The molecule has 5 heteroatoms. The van der Waals surface area contributed by atoms with Gasteiger partial charge in [0.15, 0.2) is 6.16 Å². The van der Waals surface area contributed by atoms with Crippen LogP contribution in [0.3, 0.4) is 0 Å². The molecule has 0 spiro atoms. The van der Waals surface area contributed by atoms with Gasteiger partial charge in [0.05, 0.1) is 0 Å². The van der Waals surface area contributed by atoms with E-state index in [1.165, 1.54) is 0 Å². The smallest absolute Gasteiger partial charge is 0.293 e. The molecule has 0 amide bonds. The topological polar surface area (TPSA) is 26.3 Å². The van der Waals surface area contributed by atoms with Crippen molar-refractivity contribution < 1.29 is 29.7 Å². The fraction of sp³-hybridized carbons (Fsp3) is 0.0263. The Morgan fingerprint density at radius 3 is 0.884 bits per heavy atom. The van der Waals surface area contributed by atoms with Crippen molar-refractivity contribution in [3.63, 3.8) is 0 Å². The maximum atomic E-state index is 14.7. The molecule has 43 heavy (non-hydrogen) atoms. The van der Waals surface area contributed by atoms with Crippen LogP contribution in [0.15, 0.2) is 182 Å². The standard InChI is InChI=1S/C38H32O2P2.Pd/c39-38(31-41(32-19-7-1-8-20-32,33-21-9-2-10-22-33)34-23-11-3-12-24-34)40-42(35-25-13-4-14-26-35,36-27-15-5-16-28-36)37-29-17-6-18-30-37;/h1-30H,31H2;/q+2;. The predicted molar refractivity (Wildman–Crippen MR) is 181 cm³/mol. The van der Waals surface area contributed by atoms with Gasteiger partial charge in [0.2, 0.25) is 0 Å². The van der Waals surface area contributed by atoms with Crippen molar-refractivity contribution in [1.82, 2.24) is 0 Å². The third-order valence-corrected chi connectivity index (χ3v) is 15.4. The zero-order valence-corrected chi connectivity index (χ0v) is 26.9. The van der Waals surface area contributed by atoms with Gasteiger partial charge in [0.25, 0.3) is 7.49 Å². The van der Waals surface area contributed by atoms with Crippen LogP contribution in [0.25, 0.3) is 0 Å². The van der Waals surface area contributed by atoms with Crippen LogP contribution in [0.4, 0.5) is 0 Å². The minimum atomic E-state index is -2.80. The predicted octanol–water partition coefficient (Wildman–Crippen LogP) is 6.43. The average Bonchev–Trinajstić information content (AvgIpc) is 3.08. The summed E-state index contributed by atoms with van der Waals surface area (Å²) in [6.07, 6.45) is 0.249. The number of carbonyl (C=O) groups is 1. The van der Waals surface area contributed by atoms with Gasteiger partial charge >= 0.3 is 5.97 Å². The maximum Gasteiger partial charge on any atom is 0.389 e. The molecule has 0 saturated heterocycles. The summed E-state index contributed by atoms with van der Waals surface area (Å²) >= 11 is 0. The Labute approximate surface area is 269 Å². The molecule has 0 fully saturated rings. The molecular formula is C38H32O2P2Pd+2. The Hall–Kier alpha value is -3.69. The zero-order valence-electron chi connectivity index (χ0n) is 23.6. The minimum absolute atomic E-state index is 0. The van der Waals surface area contributed by atoms with Crippen LogP contribution < -0.4 is 31.8 Å². The summed E-state index contributed by atoms with van der Waals surface area (Å²) in [7, 11) is -5.23. The Kier molecular flexibility index (Phi) is 10.1. The van der Waals surface area contributed by atoms with Crippen LogP contribution in [0.1, 0.15) is 0 Å². The fourth-order valence-electron chi connectivity index (χ4n) is 5.66. The van der Waals surface area contributed by atoms with Gasteiger partial charge < -0.3 is 0 Å². The van der Waals surface area contributed by atoms with Gasteiger partial charge in [-0.05, 0) is 72.8 Å². The Bertz CT molecular complexity index is 1390. The molecule has 6 aromatic carbocycles. The van der Waals surface area contributed by atoms with Crippen LogP contribution >= 0.6 is 14.8 Å². The summed E-state index contributed by atoms with van der Waals surface area (Å²) in [6, 6.07) is 62.2. The van der Waals surface area contributed by atoms with E-state index >= 15 is 0 Å². The summed E-state index contributed by atoms with van der Waals surface area (Å²) in [4.78, 5) is 14.7. The molecule has 0 aliphatic carbocycles. The number of hydrogen-bond acceptors (Lipinski definition) is 2. The molecule has 0 aliphatic heterocycles. The molecule has 0 aliphatic rings. The SMILES string of the molecule is O=C(C[P+](c1ccccc1)(c1ccccc1)c1ccccc1)O[P+](c1ccccc1)(c1ccccc1)c1ccccc1.[Pd]. The second kappa shape index (κ2) is 14.2. The van der Waals surface area contributed by atoms with E-state index in [9.17, 15) is 4.79 Å². The molecule has 0 heterocycles. The van der Waals surface area contributed by atoms with Gasteiger partial charge in [-0.1, -0.05) is 109 Å². The average molecular weight is 689 g/mol. The third kappa shape index (κ3) is 6.19. The van der Waals surface area contributed by atoms with Crippen LogP contribution in [-0.4, -0.2) is 12.1 Å². The van der Waals surface area contributed by atoms with Gasteiger partial charge in [-0.3, -0.25) is 4.52 Å². The minimum Gasteiger partial charge on any atom is -0.293 e. The van der Waals surface area contributed by atoms with Crippen molar-refractivity contribution in [2.24, 2.45) is 0 Å². The van der Waals surface area contributed by atoms with Gasteiger partial charge in [-0.2, -0.15) is 0 Å². The molecule has 6 rings (SSSR count). The van der Waals surface area contributed by atoms with E-state index in [0.717, 1.165) is 31.8 Å². The molecule has 0 aromatic heterocycles. The fourth-order valence-corrected chi connectivity index (χ4v) is 13.1. The van der Waals surface area contributed by atoms with Crippen molar-refractivity contribution in [3.05, 3.63) is 182 Å². The van der Waals surface area contributed by atoms with Crippen molar-refractivity contribution >= 4 is 52.5 Å². The Balaban J connectivity index is 0.00000368. The molecule has 0 bridgehead atoms. The molecule has 0 atom stereocenters. The molecule has 2 nitrogen and oxygen atoms in total. The third-order valence-electron chi connectivity index (χ3n) is 7.56. The van der Waals surface area contributed by atoms with Gasteiger partial charge in [0.1, 0.15) is 39.1 Å². The van der Waals surface area contributed by atoms with Crippen LogP contribution in [0.5, 0.6) is 0 Å². The number of rotatable bonds is 9. The summed E-state index contributed by atoms with van der Waals surface area (Å²) < 4.78 is 7.02. The largest absolute Gasteiger partial charge is 0.389 e. The van der Waals surface area contributed by atoms with E-state index in [0.29, 0.717) is 0 Å². The first-order valence-corrected chi connectivity index (χ1v) is 17.7. The molecular weight excluding hydrogens is 657 g/mol. The Morgan fingerprint density at radius 1 is 0.395 bits per heavy atom. The first kappa shape index (κ1) is 30.8.